The normalized spacial score (nSPS) is 19.8. The number of aromatic amines is 1. The molecule has 5 heterocycles. The van der Waals surface area contributed by atoms with E-state index in [2.05, 4.69) is 30.3 Å². The van der Waals surface area contributed by atoms with Gasteiger partial charge in [-0.05, 0) is 47.5 Å². The summed E-state index contributed by atoms with van der Waals surface area (Å²) >= 11 is 0. The van der Waals surface area contributed by atoms with Crippen molar-refractivity contribution in [2.75, 3.05) is 33.0 Å². The molecule has 0 bridgehead atoms. The van der Waals surface area contributed by atoms with Crippen molar-refractivity contribution in [1.29, 1.82) is 0 Å². The van der Waals surface area contributed by atoms with Crippen molar-refractivity contribution in [2.45, 2.75) is 50.7 Å². The van der Waals surface area contributed by atoms with Crippen LogP contribution in [0, 0.1) is 0 Å². The quantitative estimate of drug-likeness (QED) is 0.412. The molecule has 11 heteroatoms. The van der Waals surface area contributed by atoms with Gasteiger partial charge >= 0.3 is 0 Å². The van der Waals surface area contributed by atoms with E-state index in [1.54, 1.807) is 6.26 Å². The first kappa shape index (κ1) is 23.4. The van der Waals surface area contributed by atoms with Crippen LogP contribution in [0.2, 0.25) is 0 Å². The van der Waals surface area contributed by atoms with Gasteiger partial charge in [0.2, 0.25) is 6.79 Å². The molecular formula is C27H31N7O4. The van der Waals surface area contributed by atoms with Gasteiger partial charge in [-0.3, -0.25) is 14.6 Å². The Morgan fingerprint density at radius 1 is 1.03 bits per heavy atom. The second-order valence-electron chi connectivity index (χ2n) is 10.4. The van der Waals surface area contributed by atoms with Gasteiger partial charge in [-0.2, -0.15) is 0 Å². The minimum absolute atomic E-state index is 0.141. The summed E-state index contributed by atoms with van der Waals surface area (Å²) in [6, 6.07) is 9.55. The molecule has 4 aromatic rings. The zero-order chi connectivity index (χ0) is 25.5. The van der Waals surface area contributed by atoms with Crippen LogP contribution in [0.1, 0.15) is 61.3 Å². The molecule has 1 atom stereocenters. The van der Waals surface area contributed by atoms with Gasteiger partial charge in [0.1, 0.15) is 11.8 Å². The average molecular weight is 518 g/mol. The van der Waals surface area contributed by atoms with E-state index < -0.39 is 0 Å². The third kappa shape index (κ3) is 4.35. The third-order valence-electron chi connectivity index (χ3n) is 8.08. The summed E-state index contributed by atoms with van der Waals surface area (Å²) in [6.45, 7) is 4.22. The second kappa shape index (κ2) is 9.88. The Kier molecular flexibility index (Phi) is 6.09. The van der Waals surface area contributed by atoms with Gasteiger partial charge in [0.05, 0.1) is 24.4 Å². The van der Waals surface area contributed by atoms with E-state index in [0.29, 0.717) is 17.1 Å². The molecule has 3 aliphatic rings. The Bertz CT molecular complexity index is 1470. The maximum Gasteiger partial charge on any atom is 0.253 e. The number of furan rings is 1. The van der Waals surface area contributed by atoms with E-state index >= 15 is 0 Å². The maximum absolute atomic E-state index is 13.6. The van der Waals surface area contributed by atoms with Crippen molar-refractivity contribution >= 4 is 10.9 Å². The van der Waals surface area contributed by atoms with Gasteiger partial charge in [0.15, 0.2) is 17.3 Å². The van der Waals surface area contributed by atoms with Crippen molar-refractivity contribution in [3.05, 3.63) is 64.1 Å². The zero-order valence-electron chi connectivity index (χ0n) is 21.2. The summed E-state index contributed by atoms with van der Waals surface area (Å²) in [4.78, 5) is 21.4. The van der Waals surface area contributed by atoms with E-state index in [-0.39, 0.29) is 24.4 Å². The highest BCUT2D eigenvalue weighted by molar-refractivity contribution is 5.83. The number of rotatable bonds is 6. The first-order valence-electron chi connectivity index (χ1n) is 13.5. The smallest absolute Gasteiger partial charge is 0.253 e. The van der Waals surface area contributed by atoms with Gasteiger partial charge in [0.25, 0.3) is 5.56 Å². The van der Waals surface area contributed by atoms with Crippen LogP contribution in [0.4, 0.5) is 0 Å². The Hall–Kier alpha value is -3.70. The molecular weight excluding hydrogens is 486 g/mol. The second-order valence-corrected chi connectivity index (χ2v) is 10.4. The number of fused-ring (bicyclic) bond motifs is 2. The molecule has 3 aromatic heterocycles. The number of nitrogens with zero attached hydrogens (tertiary/aromatic N) is 6. The molecule has 1 saturated carbocycles. The monoisotopic (exact) mass is 517 g/mol. The van der Waals surface area contributed by atoms with E-state index in [1.807, 2.05) is 35.0 Å². The molecule has 7 rings (SSSR count). The van der Waals surface area contributed by atoms with Gasteiger partial charge in [-0.25, -0.2) is 4.68 Å². The lowest BCUT2D eigenvalue weighted by atomic mass is 9.95. The van der Waals surface area contributed by atoms with Crippen LogP contribution in [-0.2, 0) is 6.54 Å². The van der Waals surface area contributed by atoms with Crippen LogP contribution in [0.25, 0.3) is 10.9 Å². The molecule has 2 fully saturated rings. The molecule has 2 aliphatic heterocycles. The fourth-order valence-corrected chi connectivity index (χ4v) is 6.08. The van der Waals surface area contributed by atoms with E-state index in [0.717, 1.165) is 68.1 Å². The lowest BCUT2D eigenvalue weighted by Gasteiger charge is -2.38. The lowest BCUT2D eigenvalue weighted by molar-refractivity contribution is 0.0937. The Morgan fingerprint density at radius 2 is 1.84 bits per heavy atom. The zero-order valence-corrected chi connectivity index (χ0v) is 21.2. The van der Waals surface area contributed by atoms with Crippen LogP contribution in [-0.4, -0.2) is 68.0 Å². The topological polar surface area (TPSA) is 115 Å². The Labute approximate surface area is 219 Å². The van der Waals surface area contributed by atoms with Gasteiger partial charge in [0, 0.05) is 43.2 Å². The van der Waals surface area contributed by atoms with Crippen LogP contribution in [0.3, 0.4) is 0 Å². The number of hydrogen-bond donors (Lipinski definition) is 1. The van der Waals surface area contributed by atoms with Crippen LogP contribution < -0.4 is 15.0 Å². The fourth-order valence-electron chi connectivity index (χ4n) is 6.08. The minimum atomic E-state index is -0.365. The minimum Gasteiger partial charge on any atom is -0.468 e. The molecule has 0 radical (unpaired) electrons. The predicted molar refractivity (Wildman–Crippen MR) is 138 cm³/mol. The highest BCUT2D eigenvalue weighted by Gasteiger charge is 2.34. The highest BCUT2D eigenvalue weighted by Crippen LogP contribution is 2.37. The van der Waals surface area contributed by atoms with E-state index in [9.17, 15) is 4.79 Å². The summed E-state index contributed by atoms with van der Waals surface area (Å²) < 4.78 is 18.7. The van der Waals surface area contributed by atoms with E-state index in [1.165, 1.54) is 19.3 Å². The lowest BCUT2D eigenvalue weighted by Crippen LogP contribution is -2.48. The molecule has 198 valence electrons. The maximum atomic E-state index is 13.6. The van der Waals surface area contributed by atoms with Crippen molar-refractivity contribution in [3.63, 3.8) is 0 Å². The number of pyridine rings is 1. The third-order valence-corrected chi connectivity index (χ3v) is 8.08. The SMILES string of the molecule is O=c1[nH]c2cc3c(cc2cc1[C@H](c1nnnn1C1CCCCC1)N1CCN(Cc2ccco2)CC1)OCO3. The average Bonchev–Trinajstić information content (AvgIpc) is 3.72. The molecule has 11 nitrogen and oxygen atoms in total. The number of piperazine rings is 1. The molecule has 1 aromatic carbocycles. The standard InChI is InChI=1S/C27H31N7O4/c35-27-21(13-18-14-23-24(38-17-37-23)15-22(18)28-27)25(26-29-30-31-34(26)19-5-2-1-3-6-19)33-10-8-32(9-11-33)16-20-7-4-12-36-20/h4,7,12-15,19,25H,1-3,5-6,8-11,16-17H2,(H,28,35)/t25-/m1/s1. The molecule has 1 saturated heterocycles. The first-order chi connectivity index (χ1) is 18.7. The van der Waals surface area contributed by atoms with Gasteiger partial charge < -0.3 is 18.9 Å². The Morgan fingerprint density at radius 3 is 2.63 bits per heavy atom. The van der Waals surface area contributed by atoms with Crippen molar-refractivity contribution in [3.8, 4) is 11.5 Å². The highest BCUT2D eigenvalue weighted by atomic mass is 16.7. The molecule has 0 amide bonds. The summed E-state index contributed by atoms with van der Waals surface area (Å²) in [6.07, 6.45) is 7.41. The number of hydrogen-bond acceptors (Lipinski definition) is 9. The molecule has 0 unspecified atom stereocenters. The number of nitrogens with one attached hydrogen (secondary N) is 1. The number of H-pyrrole nitrogens is 1. The van der Waals surface area contributed by atoms with Crippen molar-refractivity contribution < 1.29 is 13.9 Å². The molecule has 38 heavy (non-hydrogen) atoms. The van der Waals surface area contributed by atoms with Crippen molar-refractivity contribution in [1.82, 2.24) is 35.0 Å². The number of benzene rings is 1. The number of ether oxygens (including phenoxy) is 2. The van der Waals surface area contributed by atoms with Gasteiger partial charge in [-0.1, -0.05) is 19.3 Å². The van der Waals surface area contributed by atoms with Crippen molar-refractivity contribution in [2.24, 2.45) is 0 Å². The van der Waals surface area contributed by atoms with Gasteiger partial charge in [-0.15, -0.1) is 5.10 Å². The summed E-state index contributed by atoms with van der Waals surface area (Å²) in [5.74, 6) is 3.03. The molecule has 1 aliphatic carbocycles. The van der Waals surface area contributed by atoms with Crippen LogP contribution in [0.15, 0.2) is 45.8 Å². The molecule has 1 N–H and O–H groups in total. The number of tetrazole rings is 1. The van der Waals surface area contributed by atoms with E-state index in [4.69, 9.17) is 13.9 Å². The Balaban J connectivity index is 1.26. The summed E-state index contributed by atoms with van der Waals surface area (Å²) in [5.41, 5.74) is 1.22. The first-order valence-corrected chi connectivity index (χ1v) is 13.5. The molecule has 0 spiro atoms. The van der Waals surface area contributed by atoms with Crippen LogP contribution >= 0.6 is 0 Å². The largest absolute Gasteiger partial charge is 0.468 e. The van der Waals surface area contributed by atoms with Crippen LogP contribution in [0.5, 0.6) is 11.5 Å². The number of aromatic nitrogens is 5. The predicted octanol–water partition coefficient (Wildman–Crippen LogP) is 3.25. The summed E-state index contributed by atoms with van der Waals surface area (Å²) in [7, 11) is 0. The fraction of sp³-hybridized carbons (Fsp3) is 0.481. The summed E-state index contributed by atoms with van der Waals surface area (Å²) in [5, 5.41) is 14.0.